The molecule has 0 aromatic heterocycles. The van der Waals surface area contributed by atoms with Gasteiger partial charge in [0.05, 0.1) is 5.41 Å². The van der Waals surface area contributed by atoms with Gasteiger partial charge in [0.25, 0.3) is 0 Å². The third-order valence-corrected chi connectivity index (χ3v) is 5.26. The Hall–Kier alpha value is -1.71. The quantitative estimate of drug-likeness (QED) is 0.687. The van der Waals surface area contributed by atoms with E-state index in [-0.39, 0.29) is 35.4 Å². The normalized spacial score (nSPS) is 40.7. The fourth-order valence-corrected chi connectivity index (χ4v) is 4.22. The molecule has 3 aliphatic rings. The lowest BCUT2D eigenvalue weighted by atomic mass is 9.49. The molecule has 106 valence electrons. The standard InChI is InChI=1S/C16H18O4/c1-8-3-4-10-5-6-11(17)7-16(10)12(8)13(18)9(2)14(19)15(16)20/h3-4,8,10,12,19H,5-7H2,1-2H3/t8-,10-,12-,16+/m0/s1. The van der Waals surface area contributed by atoms with Crippen LogP contribution in [0.5, 0.6) is 0 Å². The van der Waals surface area contributed by atoms with Gasteiger partial charge in [0, 0.05) is 24.3 Å². The van der Waals surface area contributed by atoms with Crippen LogP contribution in [-0.2, 0) is 14.4 Å². The van der Waals surface area contributed by atoms with Crippen molar-refractivity contribution < 1.29 is 19.5 Å². The van der Waals surface area contributed by atoms with Crippen LogP contribution in [0.2, 0.25) is 0 Å². The highest BCUT2D eigenvalue weighted by atomic mass is 16.3. The maximum absolute atomic E-state index is 12.7. The summed E-state index contributed by atoms with van der Waals surface area (Å²) in [5, 5.41) is 10.0. The Kier molecular flexibility index (Phi) is 2.75. The van der Waals surface area contributed by atoms with E-state index in [9.17, 15) is 19.5 Å². The minimum Gasteiger partial charge on any atom is -0.504 e. The number of Topliss-reactive ketones (excluding diaryl/α,β-unsaturated/α-hetero) is 3. The molecule has 0 unspecified atom stereocenters. The van der Waals surface area contributed by atoms with Crippen molar-refractivity contribution in [2.75, 3.05) is 0 Å². The van der Waals surface area contributed by atoms with Crippen LogP contribution in [0, 0.1) is 23.2 Å². The number of carbonyl (C=O) groups is 3. The number of rotatable bonds is 0. The number of allylic oxidation sites excluding steroid dienone is 4. The Labute approximate surface area is 117 Å². The van der Waals surface area contributed by atoms with Gasteiger partial charge in [0.15, 0.2) is 11.5 Å². The van der Waals surface area contributed by atoms with Crippen molar-refractivity contribution in [1.29, 1.82) is 0 Å². The van der Waals surface area contributed by atoms with Crippen molar-refractivity contribution in [3.05, 3.63) is 23.5 Å². The zero-order chi connectivity index (χ0) is 14.7. The molecule has 0 heterocycles. The Morgan fingerprint density at radius 3 is 2.65 bits per heavy atom. The summed E-state index contributed by atoms with van der Waals surface area (Å²) in [4.78, 5) is 37.2. The average Bonchev–Trinajstić information content (AvgIpc) is 2.42. The van der Waals surface area contributed by atoms with Gasteiger partial charge in [-0.05, 0) is 25.2 Å². The molecule has 4 atom stereocenters. The second-order valence-corrected chi connectivity index (χ2v) is 6.29. The van der Waals surface area contributed by atoms with Gasteiger partial charge in [-0.1, -0.05) is 19.1 Å². The van der Waals surface area contributed by atoms with Crippen LogP contribution >= 0.6 is 0 Å². The number of aliphatic hydroxyl groups excluding tert-OH is 1. The Morgan fingerprint density at radius 1 is 1.25 bits per heavy atom. The fraction of sp³-hybridized carbons (Fsp3) is 0.562. The zero-order valence-electron chi connectivity index (χ0n) is 11.7. The summed E-state index contributed by atoms with van der Waals surface area (Å²) < 4.78 is 0. The van der Waals surface area contributed by atoms with Crippen LogP contribution in [0.15, 0.2) is 23.5 Å². The maximum Gasteiger partial charge on any atom is 0.205 e. The number of carbonyl (C=O) groups excluding carboxylic acids is 3. The van der Waals surface area contributed by atoms with Gasteiger partial charge in [0.1, 0.15) is 5.78 Å². The molecule has 0 saturated heterocycles. The van der Waals surface area contributed by atoms with E-state index in [4.69, 9.17) is 0 Å². The van der Waals surface area contributed by atoms with Gasteiger partial charge in [-0.15, -0.1) is 0 Å². The fourth-order valence-electron chi connectivity index (χ4n) is 4.22. The maximum atomic E-state index is 12.7. The highest BCUT2D eigenvalue weighted by molar-refractivity contribution is 6.16. The summed E-state index contributed by atoms with van der Waals surface area (Å²) >= 11 is 0. The molecule has 0 amide bonds. The van der Waals surface area contributed by atoms with Gasteiger partial charge in [-0.3, -0.25) is 14.4 Å². The molecule has 0 aromatic carbocycles. The topological polar surface area (TPSA) is 71.4 Å². The number of hydrogen-bond donors (Lipinski definition) is 1. The lowest BCUT2D eigenvalue weighted by Gasteiger charge is -2.51. The number of aliphatic hydroxyl groups is 1. The van der Waals surface area contributed by atoms with Crippen LogP contribution < -0.4 is 0 Å². The molecule has 1 saturated carbocycles. The molecule has 3 aliphatic carbocycles. The second kappa shape index (κ2) is 4.14. The number of ketones is 3. The molecule has 1 N–H and O–H groups in total. The van der Waals surface area contributed by atoms with Gasteiger partial charge in [0.2, 0.25) is 5.78 Å². The zero-order valence-corrected chi connectivity index (χ0v) is 11.7. The van der Waals surface area contributed by atoms with Gasteiger partial charge >= 0.3 is 0 Å². The molecule has 4 heteroatoms. The van der Waals surface area contributed by atoms with E-state index in [1.165, 1.54) is 6.92 Å². The van der Waals surface area contributed by atoms with Crippen molar-refractivity contribution in [3.63, 3.8) is 0 Å². The highest BCUT2D eigenvalue weighted by Gasteiger charge is 2.61. The largest absolute Gasteiger partial charge is 0.504 e. The molecule has 20 heavy (non-hydrogen) atoms. The minimum atomic E-state index is -1.04. The van der Waals surface area contributed by atoms with Gasteiger partial charge in [-0.25, -0.2) is 0 Å². The molecule has 0 bridgehead atoms. The first-order valence-corrected chi connectivity index (χ1v) is 7.08. The predicted octanol–water partition coefficient (Wildman–Crippen LogP) is 2.15. The Balaban J connectivity index is 2.24. The highest BCUT2D eigenvalue weighted by Crippen LogP contribution is 2.56. The molecule has 1 fully saturated rings. The molecule has 1 spiro atoms. The first-order valence-electron chi connectivity index (χ1n) is 7.08. The van der Waals surface area contributed by atoms with Crippen molar-refractivity contribution in [2.45, 2.75) is 33.1 Å². The van der Waals surface area contributed by atoms with Gasteiger partial charge in [-0.2, -0.15) is 0 Å². The lowest BCUT2D eigenvalue weighted by molar-refractivity contribution is -0.152. The SMILES string of the molecule is CC1=C(O)C(=O)[C@]23CC(=O)CC[C@@H]2C=C[C@H](C)[C@H]3C1=O. The Bertz CT molecular complexity index is 583. The molecular weight excluding hydrogens is 256 g/mol. The van der Waals surface area contributed by atoms with Crippen molar-refractivity contribution in [2.24, 2.45) is 23.2 Å². The lowest BCUT2D eigenvalue weighted by Crippen LogP contribution is -2.57. The summed E-state index contributed by atoms with van der Waals surface area (Å²) in [5.41, 5.74) is -0.894. The second-order valence-electron chi connectivity index (χ2n) is 6.29. The van der Waals surface area contributed by atoms with Gasteiger partial charge < -0.3 is 5.11 Å². The number of hydrogen-bond acceptors (Lipinski definition) is 4. The van der Waals surface area contributed by atoms with E-state index in [1.807, 2.05) is 19.1 Å². The summed E-state index contributed by atoms with van der Waals surface area (Å²) in [6.45, 7) is 3.40. The molecule has 3 rings (SSSR count). The first-order chi connectivity index (χ1) is 9.39. The van der Waals surface area contributed by atoms with Crippen LogP contribution in [0.4, 0.5) is 0 Å². The third-order valence-electron chi connectivity index (χ3n) is 5.26. The molecule has 4 nitrogen and oxygen atoms in total. The van der Waals surface area contributed by atoms with Crippen molar-refractivity contribution in [3.8, 4) is 0 Å². The predicted molar refractivity (Wildman–Crippen MR) is 71.9 cm³/mol. The van der Waals surface area contributed by atoms with Crippen LogP contribution in [0.25, 0.3) is 0 Å². The first kappa shape index (κ1) is 13.3. The summed E-state index contributed by atoms with van der Waals surface area (Å²) in [5.74, 6) is -1.72. The smallest absolute Gasteiger partial charge is 0.205 e. The summed E-state index contributed by atoms with van der Waals surface area (Å²) in [6.07, 6.45) is 5.06. The molecule has 0 radical (unpaired) electrons. The van der Waals surface area contributed by atoms with E-state index >= 15 is 0 Å². The summed E-state index contributed by atoms with van der Waals surface area (Å²) in [7, 11) is 0. The molecule has 0 aliphatic heterocycles. The molecule has 0 aromatic rings. The average molecular weight is 274 g/mol. The summed E-state index contributed by atoms with van der Waals surface area (Å²) in [6, 6.07) is 0. The van der Waals surface area contributed by atoms with E-state index in [2.05, 4.69) is 0 Å². The van der Waals surface area contributed by atoms with E-state index < -0.39 is 22.9 Å². The minimum absolute atomic E-state index is 0.0160. The van der Waals surface area contributed by atoms with Crippen LogP contribution in [0.3, 0.4) is 0 Å². The Morgan fingerprint density at radius 2 is 1.95 bits per heavy atom. The third kappa shape index (κ3) is 1.45. The van der Waals surface area contributed by atoms with E-state index in [1.54, 1.807) is 0 Å². The molecular formula is C16H18O4. The van der Waals surface area contributed by atoms with Crippen molar-refractivity contribution in [1.82, 2.24) is 0 Å². The van der Waals surface area contributed by atoms with Crippen LogP contribution in [0.1, 0.15) is 33.1 Å². The van der Waals surface area contributed by atoms with E-state index in [0.717, 1.165) is 0 Å². The van der Waals surface area contributed by atoms with Crippen molar-refractivity contribution >= 4 is 17.3 Å². The van der Waals surface area contributed by atoms with E-state index in [0.29, 0.717) is 12.8 Å². The van der Waals surface area contributed by atoms with Crippen LogP contribution in [-0.4, -0.2) is 22.5 Å². The monoisotopic (exact) mass is 274 g/mol.